The van der Waals surface area contributed by atoms with Gasteiger partial charge in [0.05, 0.1) is 6.42 Å². The van der Waals surface area contributed by atoms with Crippen LogP contribution < -0.4 is 5.32 Å². The third kappa shape index (κ3) is 3.29. The number of aliphatic carboxylic acids is 1. The fraction of sp³-hybridized carbons (Fsp3) is 0.308. The van der Waals surface area contributed by atoms with Crippen LogP contribution in [-0.4, -0.2) is 39.6 Å². The number of amides is 1. The summed E-state index contributed by atoms with van der Waals surface area (Å²) in [7, 11) is 0. The maximum Gasteiger partial charge on any atom is 0.305 e. The van der Waals surface area contributed by atoms with Crippen LogP contribution in [0, 0.1) is 0 Å². The number of carbonyl (C=O) groups is 2. The molecule has 1 aromatic carbocycles. The molecule has 1 aromatic rings. The first kappa shape index (κ1) is 13.5. The molecule has 6 heteroatoms. The monoisotopic (exact) mass is 278 g/mol. The maximum absolute atomic E-state index is 12.0. The normalized spacial score (nSPS) is 18.5. The smallest absolute Gasteiger partial charge is 0.305 e. The van der Waals surface area contributed by atoms with E-state index in [-0.39, 0.29) is 12.3 Å². The number of carboxylic acid groups (broad SMARTS) is 1. The summed E-state index contributed by atoms with van der Waals surface area (Å²) in [5, 5.41) is 11.8. The molecule has 19 heavy (non-hydrogen) atoms. The number of nitrogens with zero attached hydrogens (tertiary/aromatic N) is 1. The Kier molecular flexibility index (Phi) is 4.11. The van der Waals surface area contributed by atoms with Gasteiger partial charge in [-0.25, -0.2) is 0 Å². The van der Waals surface area contributed by atoms with E-state index >= 15 is 0 Å². The van der Waals surface area contributed by atoms with E-state index in [4.69, 9.17) is 17.3 Å². The number of carboxylic acids is 1. The van der Waals surface area contributed by atoms with Gasteiger partial charge in [0.15, 0.2) is 5.11 Å². The average molecular weight is 278 g/mol. The van der Waals surface area contributed by atoms with Gasteiger partial charge in [-0.05, 0) is 24.2 Å². The number of rotatable bonds is 5. The molecule has 0 radical (unpaired) electrons. The van der Waals surface area contributed by atoms with E-state index in [1.807, 2.05) is 30.3 Å². The zero-order valence-corrected chi connectivity index (χ0v) is 11.0. The fourth-order valence-electron chi connectivity index (χ4n) is 1.99. The molecule has 100 valence electrons. The fourth-order valence-corrected chi connectivity index (χ4v) is 2.31. The van der Waals surface area contributed by atoms with Crippen molar-refractivity contribution in [3.8, 4) is 0 Å². The standard InChI is InChI=1S/C13H14N2O3S/c16-11(17)8-10-12(18)15(13(19)14-10)7-6-9-4-2-1-3-5-9/h1-5,10H,6-8H2,(H,14,19)(H,16,17)/t10-/m0/s1. The third-order valence-electron chi connectivity index (χ3n) is 2.95. The highest BCUT2D eigenvalue weighted by Gasteiger charge is 2.36. The van der Waals surface area contributed by atoms with Crippen LogP contribution in [0.4, 0.5) is 0 Å². The highest BCUT2D eigenvalue weighted by molar-refractivity contribution is 7.80. The second-order valence-corrected chi connectivity index (χ2v) is 4.71. The van der Waals surface area contributed by atoms with E-state index in [9.17, 15) is 9.59 Å². The van der Waals surface area contributed by atoms with E-state index < -0.39 is 12.0 Å². The minimum Gasteiger partial charge on any atom is -0.481 e. The number of hydrogen-bond acceptors (Lipinski definition) is 3. The molecule has 0 saturated carbocycles. The first-order valence-corrected chi connectivity index (χ1v) is 6.36. The molecule has 2 N–H and O–H groups in total. The summed E-state index contributed by atoms with van der Waals surface area (Å²) in [6, 6.07) is 9.02. The second-order valence-electron chi connectivity index (χ2n) is 4.33. The van der Waals surface area contributed by atoms with Crippen molar-refractivity contribution < 1.29 is 14.7 Å². The van der Waals surface area contributed by atoms with Gasteiger partial charge >= 0.3 is 5.97 Å². The van der Waals surface area contributed by atoms with Crippen molar-refractivity contribution in [3.05, 3.63) is 35.9 Å². The van der Waals surface area contributed by atoms with Gasteiger partial charge in [0.1, 0.15) is 6.04 Å². The van der Waals surface area contributed by atoms with E-state index in [1.165, 1.54) is 4.90 Å². The summed E-state index contributed by atoms with van der Waals surface area (Å²) in [5.41, 5.74) is 1.11. The molecule has 1 heterocycles. The highest BCUT2D eigenvalue weighted by Crippen LogP contribution is 2.11. The molecule has 0 spiro atoms. The van der Waals surface area contributed by atoms with Crippen LogP contribution in [0.5, 0.6) is 0 Å². The molecule has 0 unspecified atom stereocenters. The van der Waals surface area contributed by atoms with Crippen molar-refractivity contribution in [2.24, 2.45) is 0 Å². The first-order valence-electron chi connectivity index (χ1n) is 5.95. The van der Waals surface area contributed by atoms with E-state index in [0.29, 0.717) is 18.1 Å². The maximum atomic E-state index is 12.0. The Balaban J connectivity index is 1.95. The van der Waals surface area contributed by atoms with Crippen LogP contribution in [0.3, 0.4) is 0 Å². The molecule has 0 bridgehead atoms. The number of thiocarbonyl (C=S) groups is 1. The summed E-state index contributed by atoms with van der Waals surface area (Å²) < 4.78 is 0. The molecule has 1 aliphatic heterocycles. The van der Waals surface area contributed by atoms with Crippen LogP contribution in [0.15, 0.2) is 30.3 Å². The van der Waals surface area contributed by atoms with Gasteiger partial charge < -0.3 is 10.4 Å². The lowest BCUT2D eigenvalue weighted by Gasteiger charge is -2.14. The van der Waals surface area contributed by atoms with Crippen molar-refractivity contribution in [1.82, 2.24) is 10.2 Å². The number of carbonyl (C=O) groups excluding carboxylic acids is 1. The minimum absolute atomic E-state index is 0.249. The van der Waals surface area contributed by atoms with Crippen molar-refractivity contribution >= 4 is 29.2 Å². The molecule has 1 aliphatic rings. The number of nitrogens with one attached hydrogen (secondary N) is 1. The average Bonchev–Trinajstić information content (AvgIpc) is 2.63. The van der Waals surface area contributed by atoms with Crippen molar-refractivity contribution in [2.45, 2.75) is 18.9 Å². The zero-order valence-electron chi connectivity index (χ0n) is 10.2. The van der Waals surface area contributed by atoms with Crippen molar-refractivity contribution in [3.63, 3.8) is 0 Å². The Labute approximate surface area is 116 Å². The summed E-state index contributed by atoms with van der Waals surface area (Å²) >= 11 is 5.06. The molecular weight excluding hydrogens is 264 g/mol. The minimum atomic E-state index is -1.02. The lowest BCUT2D eigenvalue weighted by atomic mass is 10.1. The van der Waals surface area contributed by atoms with Crippen LogP contribution in [0.1, 0.15) is 12.0 Å². The zero-order chi connectivity index (χ0) is 13.8. The summed E-state index contributed by atoms with van der Waals surface area (Å²) in [6.45, 7) is 0.463. The molecule has 0 aliphatic carbocycles. The second kappa shape index (κ2) is 5.79. The van der Waals surface area contributed by atoms with Gasteiger partial charge in [-0.3, -0.25) is 14.5 Å². The van der Waals surface area contributed by atoms with E-state index in [2.05, 4.69) is 5.32 Å². The predicted octanol–water partition coefficient (Wildman–Crippen LogP) is 0.789. The van der Waals surface area contributed by atoms with Gasteiger partial charge in [-0.1, -0.05) is 30.3 Å². The molecule has 1 atom stereocenters. The lowest BCUT2D eigenvalue weighted by Crippen LogP contribution is -2.33. The van der Waals surface area contributed by atoms with Crippen LogP contribution >= 0.6 is 12.2 Å². The third-order valence-corrected chi connectivity index (χ3v) is 3.29. The predicted molar refractivity (Wildman–Crippen MR) is 73.6 cm³/mol. The van der Waals surface area contributed by atoms with Gasteiger partial charge in [0.25, 0.3) is 5.91 Å². The van der Waals surface area contributed by atoms with Gasteiger partial charge in [-0.15, -0.1) is 0 Å². The number of hydrogen-bond donors (Lipinski definition) is 2. The quantitative estimate of drug-likeness (QED) is 0.779. The Bertz CT molecular complexity index is 504. The molecule has 1 saturated heterocycles. The molecule has 1 amide bonds. The first-order chi connectivity index (χ1) is 9.08. The Morgan fingerprint density at radius 2 is 2.05 bits per heavy atom. The van der Waals surface area contributed by atoms with Crippen LogP contribution in [0.25, 0.3) is 0 Å². The van der Waals surface area contributed by atoms with E-state index in [1.54, 1.807) is 0 Å². The topological polar surface area (TPSA) is 69.6 Å². The lowest BCUT2D eigenvalue weighted by molar-refractivity contribution is -0.140. The molecule has 0 aromatic heterocycles. The molecule has 5 nitrogen and oxygen atoms in total. The van der Waals surface area contributed by atoms with Crippen molar-refractivity contribution in [2.75, 3.05) is 6.54 Å². The Hall–Kier alpha value is -1.95. The van der Waals surface area contributed by atoms with Crippen molar-refractivity contribution in [1.29, 1.82) is 0 Å². The summed E-state index contributed by atoms with van der Waals surface area (Å²) in [4.78, 5) is 24.1. The van der Waals surface area contributed by atoms with Crippen LogP contribution in [0.2, 0.25) is 0 Å². The number of benzene rings is 1. The van der Waals surface area contributed by atoms with Gasteiger partial charge in [0.2, 0.25) is 0 Å². The highest BCUT2D eigenvalue weighted by atomic mass is 32.1. The largest absolute Gasteiger partial charge is 0.481 e. The Morgan fingerprint density at radius 1 is 1.37 bits per heavy atom. The Morgan fingerprint density at radius 3 is 2.68 bits per heavy atom. The summed E-state index contributed by atoms with van der Waals surface area (Å²) in [5.74, 6) is -1.28. The van der Waals surface area contributed by atoms with Crippen LogP contribution in [-0.2, 0) is 16.0 Å². The van der Waals surface area contributed by atoms with E-state index in [0.717, 1.165) is 5.56 Å². The molecule has 1 fully saturated rings. The molecular formula is C13H14N2O3S. The summed E-state index contributed by atoms with van der Waals surface area (Å²) in [6.07, 6.45) is 0.439. The van der Waals surface area contributed by atoms with Gasteiger partial charge in [0, 0.05) is 6.54 Å². The molecule has 2 rings (SSSR count). The SMILES string of the molecule is O=C(O)C[C@@H]1NC(=S)N(CCc2ccccc2)C1=O. The van der Waals surface area contributed by atoms with Gasteiger partial charge in [-0.2, -0.15) is 0 Å².